The highest BCUT2D eigenvalue weighted by Crippen LogP contribution is 2.26. The van der Waals surface area contributed by atoms with Crippen molar-refractivity contribution in [2.45, 2.75) is 53.2 Å². The Bertz CT molecular complexity index is 364. The third-order valence-electron chi connectivity index (χ3n) is 2.62. The van der Waals surface area contributed by atoms with Crippen molar-refractivity contribution in [2.75, 3.05) is 13.2 Å². The average Bonchev–Trinajstić information content (AvgIpc) is 2.38. The van der Waals surface area contributed by atoms with Crippen molar-refractivity contribution in [1.29, 1.82) is 0 Å². The summed E-state index contributed by atoms with van der Waals surface area (Å²) in [6.07, 6.45) is 2.32. The van der Waals surface area contributed by atoms with Gasteiger partial charge in [-0.3, -0.25) is 0 Å². The van der Waals surface area contributed by atoms with Gasteiger partial charge >= 0.3 is 0 Å². The molecule has 0 saturated carbocycles. The normalized spacial score (nSPS) is 10.8. The van der Waals surface area contributed by atoms with Gasteiger partial charge in [0.1, 0.15) is 11.5 Å². The molecule has 1 aromatic carbocycles. The minimum atomic E-state index is 0.173. The highest BCUT2D eigenvalue weighted by atomic mass is 16.5. The Kier molecular flexibility index (Phi) is 7.34. The van der Waals surface area contributed by atoms with Crippen LogP contribution in [0.2, 0.25) is 0 Å². The molecule has 19 heavy (non-hydrogen) atoms. The number of hydrogen-bond donors (Lipinski definition) is 1. The fraction of sp³-hybridized carbons (Fsp3) is 0.625. The van der Waals surface area contributed by atoms with Gasteiger partial charge in [-0.05, 0) is 39.3 Å². The van der Waals surface area contributed by atoms with E-state index in [0.717, 1.165) is 44.0 Å². The first-order valence-electron chi connectivity index (χ1n) is 7.30. The summed E-state index contributed by atoms with van der Waals surface area (Å²) in [5.41, 5.74) is 1.19. The fourth-order valence-electron chi connectivity index (χ4n) is 1.75. The summed E-state index contributed by atoms with van der Waals surface area (Å²) >= 11 is 0. The fourth-order valence-corrected chi connectivity index (χ4v) is 1.75. The molecule has 108 valence electrons. The van der Waals surface area contributed by atoms with Gasteiger partial charge in [0.05, 0.1) is 12.7 Å². The van der Waals surface area contributed by atoms with E-state index in [1.165, 1.54) is 5.56 Å². The van der Waals surface area contributed by atoms with Crippen LogP contribution in [-0.4, -0.2) is 19.3 Å². The Morgan fingerprint density at radius 2 is 1.95 bits per heavy atom. The van der Waals surface area contributed by atoms with Crippen LogP contribution in [0.25, 0.3) is 0 Å². The van der Waals surface area contributed by atoms with Gasteiger partial charge in [0.15, 0.2) is 0 Å². The van der Waals surface area contributed by atoms with Gasteiger partial charge in [-0.25, -0.2) is 0 Å². The van der Waals surface area contributed by atoms with E-state index in [0.29, 0.717) is 0 Å². The van der Waals surface area contributed by atoms with Crippen molar-refractivity contribution >= 4 is 0 Å². The molecule has 0 heterocycles. The summed E-state index contributed by atoms with van der Waals surface area (Å²) in [5, 5.41) is 3.41. The average molecular weight is 265 g/mol. The topological polar surface area (TPSA) is 30.5 Å². The largest absolute Gasteiger partial charge is 0.493 e. The molecule has 1 N–H and O–H groups in total. The lowest BCUT2D eigenvalue weighted by Gasteiger charge is -2.16. The van der Waals surface area contributed by atoms with Crippen LogP contribution in [0.5, 0.6) is 11.5 Å². The summed E-state index contributed by atoms with van der Waals surface area (Å²) < 4.78 is 11.5. The van der Waals surface area contributed by atoms with E-state index in [1.807, 2.05) is 26.0 Å². The molecule has 0 aromatic heterocycles. The Labute approximate surface area is 117 Å². The molecule has 1 aromatic rings. The van der Waals surface area contributed by atoms with Gasteiger partial charge in [0.2, 0.25) is 0 Å². The molecule has 0 aliphatic carbocycles. The second-order valence-electron chi connectivity index (χ2n) is 4.96. The smallest absolute Gasteiger partial charge is 0.127 e. The zero-order chi connectivity index (χ0) is 14.1. The standard InChI is InChI=1S/C16H27NO2/c1-5-9-17-12-14-7-8-15(18-10-6-2)11-16(14)19-13(3)4/h7-8,11,13,17H,5-6,9-10,12H2,1-4H3. The molecule has 0 bridgehead atoms. The molecule has 0 radical (unpaired) electrons. The molecule has 0 aliphatic heterocycles. The highest BCUT2D eigenvalue weighted by molar-refractivity contribution is 5.40. The van der Waals surface area contributed by atoms with Gasteiger partial charge in [-0.2, -0.15) is 0 Å². The van der Waals surface area contributed by atoms with Crippen molar-refractivity contribution in [3.8, 4) is 11.5 Å². The molecule has 0 atom stereocenters. The molecule has 0 fully saturated rings. The van der Waals surface area contributed by atoms with Crippen LogP contribution >= 0.6 is 0 Å². The predicted molar refractivity (Wildman–Crippen MR) is 80.0 cm³/mol. The zero-order valence-electron chi connectivity index (χ0n) is 12.7. The lowest BCUT2D eigenvalue weighted by Crippen LogP contribution is -2.16. The van der Waals surface area contributed by atoms with E-state index in [9.17, 15) is 0 Å². The van der Waals surface area contributed by atoms with Gasteiger partial charge < -0.3 is 14.8 Å². The number of benzene rings is 1. The van der Waals surface area contributed by atoms with Crippen LogP contribution in [-0.2, 0) is 6.54 Å². The number of nitrogens with one attached hydrogen (secondary N) is 1. The Morgan fingerprint density at radius 3 is 2.58 bits per heavy atom. The maximum absolute atomic E-state index is 5.88. The van der Waals surface area contributed by atoms with Gasteiger partial charge in [0, 0.05) is 18.2 Å². The molecule has 0 saturated heterocycles. The first-order chi connectivity index (χ1) is 9.17. The van der Waals surface area contributed by atoms with Gasteiger partial charge in [-0.15, -0.1) is 0 Å². The van der Waals surface area contributed by atoms with E-state index in [4.69, 9.17) is 9.47 Å². The van der Waals surface area contributed by atoms with Crippen LogP contribution in [0.15, 0.2) is 18.2 Å². The molecule has 0 amide bonds. The number of hydrogen-bond acceptors (Lipinski definition) is 3. The van der Waals surface area contributed by atoms with Crippen LogP contribution < -0.4 is 14.8 Å². The lowest BCUT2D eigenvalue weighted by molar-refractivity contribution is 0.237. The zero-order valence-corrected chi connectivity index (χ0v) is 12.7. The summed E-state index contributed by atoms with van der Waals surface area (Å²) in [6.45, 7) is 11.0. The maximum Gasteiger partial charge on any atom is 0.127 e. The van der Waals surface area contributed by atoms with Crippen molar-refractivity contribution in [3.05, 3.63) is 23.8 Å². The van der Waals surface area contributed by atoms with Crippen LogP contribution in [0.1, 0.15) is 46.1 Å². The molecule has 0 unspecified atom stereocenters. The first kappa shape index (κ1) is 15.8. The van der Waals surface area contributed by atoms with E-state index >= 15 is 0 Å². The summed E-state index contributed by atoms with van der Waals surface area (Å²) in [6, 6.07) is 6.11. The molecule has 0 spiro atoms. The summed E-state index contributed by atoms with van der Waals surface area (Å²) in [5.74, 6) is 1.81. The molecule has 3 nitrogen and oxygen atoms in total. The molecular formula is C16H27NO2. The minimum Gasteiger partial charge on any atom is -0.493 e. The van der Waals surface area contributed by atoms with E-state index in [1.54, 1.807) is 0 Å². The van der Waals surface area contributed by atoms with Crippen LogP contribution in [0, 0.1) is 0 Å². The predicted octanol–water partition coefficient (Wildman–Crippen LogP) is 3.76. The molecule has 1 rings (SSSR count). The van der Waals surface area contributed by atoms with Gasteiger partial charge in [0.25, 0.3) is 0 Å². The highest BCUT2D eigenvalue weighted by Gasteiger charge is 2.07. The Morgan fingerprint density at radius 1 is 1.16 bits per heavy atom. The molecular weight excluding hydrogens is 238 g/mol. The third kappa shape index (κ3) is 5.97. The van der Waals surface area contributed by atoms with Crippen molar-refractivity contribution < 1.29 is 9.47 Å². The number of rotatable bonds is 9. The Hall–Kier alpha value is -1.22. The van der Waals surface area contributed by atoms with E-state index in [2.05, 4.69) is 25.2 Å². The Balaban J connectivity index is 2.76. The van der Waals surface area contributed by atoms with Crippen molar-refractivity contribution in [1.82, 2.24) is 5.32 Å². The molecule has 3 heteroatoms. The van der Waals surface area contributed by atoms with E-state index < -0.39 is 0 Å². The minimum absolute atomic E-state index is 0.173. The third-order valence-corrected chi connectivity index (χ3v) is 2.62. The van der Waals surface area contributed by atoms with E-state index in [-0.39, 0.29) is 6.10 Å². The summed E-state index contributed by atoms with van der Waals surface area (Å²) in [7, 11) is 0. The van der Waals surface area contributed by atoms with Crippen molar-refractivity contribution in [2.24, 2.45) is 0 Å². The SMILES string of the molecule is CCCNCc1ccc(OCCC)cc1OC(C)C. The second-order valence-corrected chi connectivity index (χ2v) is 4.96. The van der Waals surface area contributed by atoms with Gasteiger partial charge in [-0.1, -0.05) is 19.9 Å². The van der Waals surface area contributed by atoms with Crippen LogP contribution in [0.3, 0.4) is 0 Å². The lowest BCUT2D eigenvalue weighted by atomic mass is 10.2. The second kappa shape index (κ2) is 8.81. The maximum atomic E-state index is 5.88. The summed E-state index contributed by atoms with van der Waals surface area (Å²) in [4.78, 5) is 0. The quantitative estimate of drug-likeness (QED) is 0.690. The van der Waals surface area contributed by atoms with Crippen LogP contribution in [0.4, 0.5) is 0 Å². The first-order valence-corrected chi connectivity index (χ1v) is 7.30. The number of ether oxygens (including phenoxy) is 2. The molecule has 0 aliphatic rings. The van der Waals surface area contributed by atoms with Crippen molar-refractivity contribution in [3.63, 3.8) is 0 Å². The monoisotopic (exact) mass is 265 g/mol.